The summed E-state index contributed by atoms with van der Waals surface area (Å²) in [5.41, 5.74) is 3.96. The molecular weight excluding hydrogens is 305 g/mol. The van der Waals surface area contributed by atoms with Gasteiger partial charge >= 0.3 is 6.18 Å². The smallest absolute Gasteiger partial charge is 0.365 e. The zero-order chi connectivity index (χ0) is 15.6. The van der Waals surface area contributed by atoms with E-state index in [9.17, 15) is 18.0 Å². The van der Waals surface area contributed by atoms with Crippen LogP contribution in [0.2, 0.25) is 0 Å². The number of amides is 1. The number of nitrogens with zero attached hydrogens (tertiary/aromatic N) is 2. The molecule has 5 nitrogen and oxygen atoms in total. The van der Waals surface area contributed by atoms with Gasteiger partial charge in [0.15, 0.2) is 0 Å². The molecule has 0 spiro atoms. The maximum Gasteiger partial charge on any atom is 0.433 e. The van der Waals surface area contributed by atoms with E-state index in [4.69, 9.17) is 5.73 Å². The topological polar surface area (TPSA) is 80.9 Å². The lowest BCUT2D eigenvalue weighted by molar-refractivity contribution is -0.141. The van der Waals surface area contributed by atoms with Crippen LogP contribution in [0.5, 0.6) is 0 Å². The molecule has 21 heavy (non-hydrogen) atoms. The first-order valence-electron chi connectivity index (χ1n) is 5.80. The Kier molecular flexibility index (Phi) is 4.12. The molecule has 2 heterocycles. The highest BCUT2D eigenvalue weighted by Gasteiger charge is 2.33. The second-order valence-electron chi connectivity index (χ2n) is 4.15. The zero-order valence-corrected chi connectivity index (χ0v) is 11.7. The Bertz CT molecular complexity index is 669. The fraction of sp³-hybridized carbons (Fsp3) is 0.250. The predicted octanol–water partition coefficient (Wildman–Crippen LogP) is 2.58. The molecule has 2 aromatic heterocycles. The summed E-state index contributed by atoms with van der Waals surface area (Å²) in [6, 6.07) is 1.74. The maximum absolute atomic E-state index is 12.7. The molecule has 0 saturated carbocycles. The second kappa shape index (κ2) is 5.68. The lowest BCUT2D eigenvalue weighted by Gasteiger charge is -2.12. The largest absolute Gasteiger partial charge is 0.433 e. The minimum absolute atomic E-state index is 0.0933. The number of aromatic nitrogens is 2. The quantitative estimate of drug-likeness (QED) is 0.908. The summed E-state index contributed by atoms with van der Waals surface area (Å²) in [6.07, 6.45) is -2.99. The predicted molar refractivity (Wildman–Crippen MR) is 71.9 cm³/mol. The highest BCUT2D eigenvalue weighted by atomic mass is 32.1. The first-order valence-corrected chi connectivity index (χ1v) is 6.62. The van der Waals surface area contributed by atoms with Crippen molar-refractivity contribution in [3.05, 3.63) is 39.5 Å². The SMILES string of the molecule is Cc1ncc(CNc2nc(C(F)(F)F)ccc2C(N)=O)s1. The number of rotatable bonds is 4. The third-order valence-corrected chi connectivity index (χ3v) is 3.46. The molecule has 2 rings (SSSR count). The molecule has 9 heteroatoms. The minimum Gasteiger partial charge on any atom is -0.365 e. The van der Waals surface area contributed by atoms with Crippen LogP contribution in [0.15, 0.2) is 18.3 Å². The molecule has 2 aromatic rings. The van der Waals surface area contributed by atoms with E-state index in [0.717, 1.165) is 22.0 Å². The van der Waals surface area contributed by atoms with Crippen LogP contribution >= 0.6 is 11.3 Å². The summed E-state index contributed by atoms with van der Waals surface area (Å²) in [6.45, 7) is 2.02. The third kappa shape index (κ3) is 3.69. The van der Waals surface area contributed by atoms with E-state index < -0.39 is 17.8 Å². The standard InChI is InChI=1S/C12H11F3N4OS/c1-6-17-4-7(21-6)5-18-11-8(10(16)20)2-3-9(19-11)12(13,14)15/h2-4H,5H2,1H3,(H2,16,20)(H,18,19). The molecule has 112 valence electrons. The Labute approximate surface area is 122 Å². The number of thiazole rings is 1. The summed E-state index contributed by atoms with van der Waals surface area (Å²) in [5.74, 6) is -1.04. The van der Waals surface area contributed by atoms with E-state index >= 15 is 0 Å². The molecule has 0 aliphatic carbocycles. The van der Waals surface area contributed by atoms with E-state index in [-0.39, 0.29) is 17.9 Å². The highest BCUT2D eigenvalue weighted by molar-refractivity contribution is 7.11. The van der Waals surface area contributed by atoms with Crippen molar-refractivity contribution < 1.29 is 18.0 Å². The van der Waals surface area contributed by atoms with Crippen LogP contribution < -0.4 is 11.1 Å². The number of aryl methyl sites for hydroxylation is 1. The second-order valence-corrected chi connectivity index (χ2v) is 5.47. The van der Waals surface area contributed by atoms with Gasteiger partial charge in [-0.2, -0.15) is 13.2 Å². The normalized spacial score (nSPS) is 11.4. The molecule has 0 aliphatic rings. The fourth-order valence-electron chi connectivity index (χ4n) is 1.61. The number of hydrogen-bond acceptors (Lipinski definition) is 5. The molecular formula is C12H11F3N4OS. The molecule has 0 fully saturated rings. The van der Waals surface area contributed by atoms with Gasteiger partial charge in [0.25, 0.3) is 5.91 Å². The number of primary amides is 1. The number of carbonyl (C=O) groups is 1. The van der Waals surface area contributed by atoms with Gasteiger partial charge < -0.3 is 11.1 Å². The van der Waals surface area contributed by atoms with E-state index in [0.29, 0.717) is 0 Å². The van der Waals surface area contributed by atoms with Crippen molar-refractivity contribution in [2.75, 3.05) is 5.32 Å². The van der Waals surface area contributed by atoms with Gasteiger partial charge in [-0.15, -0.1) is 11.3 Å². The molecule has 3 N–H and O–H groups in total. The first-order chi connectivity index (χ1) is 9.77. The Balaban J connectivity index is 2.28. The van der Waals surface area contributed by atoms with Crippen LogP contribution in [0.4, 0.5) is 19.0 Å². The van der Waals surface area contributed by atoms with Crippen LogP contribution in [0.3, 0.4) is 0 Å². The van der Waals surface area contributed by atoms with Crippen molar-refractivity contribution in [2.24, 2.45) is 5.73 Å². The lowest BCUT2D eigenvalue weighted by atomic mass is 10.2. The average molecular weight is 316 g/mol. The van der Waals surface area contributed by atoms with Crippen molar-refractivity contribution >= 4 is 23.1 Å². The summed E-state index contributed by atoms with van der Waals surface area (Å²) in [7, 11) is 0. The molecule has 0 saturated heterocycles. The van der Waals surface area contributed by atoms with E-state index in [1.54, 1.807) is 6.20 Å². The Morgan fingerprint density at radius 1 is 1.43 bits per heavy atom. The zero-order valence-electron chi connectivity index (χ0n) is 10.9. The van der Waals surface area contributed by atoms with E-state index in [2.05, 4.69) is 15.3 Å². The van der Waals surface area contributed by atoms with Crippen LogP contribution in [0, 0.1) is 6.92 Å². The Morgan fingerprint density at radius 3 is 2.67 bits per heavy atom. The van der Waals surface area contributed by atoms with Crippen molar-refractivity contribution in [1.82, 2.24) is 9.97 Å². The van der Waals surface area contributed by atoms with Gasteiger partial charge in [-0.25, -0.2) is 9.97 Å². The van der Waals surface area contributed by atoms with E-state index in [1.165, 1.54) is 11.3 Å². The molecule has 0 aliphatic heterocycles. The lowest BCUT2D eigenvalue weighted by Crippen LogP contribution is -2.18. The van der Waals surface area contributed by atoms with Crippen LogP contribution in [-0.2, 0) is 12.7 Å². The van der Waals surface area contributed by atoms with Gasteiger partial charge in [0.2, 0.25) is 0 Å². The van der Waals surface area contributed by atoms with Gasteiger partial charge in [-0.3, -0.25) is 4.79 Å². The number of pyridine rings is 1. The number of halogens is 3. The van der Waals surface area contributed by atoms with Crippen molar-refractivity contribution in [3.63, 3.8) is 0 Å². The van der Waals surface area contributed by atoms with Crippen LogP contribution in [-0.4, -0.2) is 15.9 Å². The molecule has 0 radical (unpaired) electrons. The number of alkyl halides is 3. The summed E-state index contributed by atoms with van der Waals surface area (Å²) >= 11 is 1.39. The molecule has 0 unspecified atom stereocenters. The van der Waals surface area contributed by atoms with Crippen molar-refractivity contribution in [3.8, 4) is 0 Å². The maximum atomic E-state index is 12.7. The number of anilines is 1. The molecule has 0 bridgehead atoms. The van der Waals surface area contributed by atoms with Gasteiger partial charge in [0, 0.05) is 11.1 Å². The third-order valence-electron chi connectivity index (χ3n) is 2.55. The van der Waals surface area contributed by atoms with E-state index in [1.807, 2.05) is 6.92 Å². The van der Waals surface area contributed by atoms with Gasteiger partial charge in [-0.05, 0) is 19.1 Å². The Morgan fingerprint density at radius 2 is 2.14 bits per heavy atom. The van der Waals surface area contributed by atoms with Gasteiger partial charge in [-0.1, -0.05) is 0 Å². The summed E-state index contributed by atoms with van der Waals surface area (Å²) in [4.78, 5) is 19.5. The van der Waals surface area contributed by atoms with Gasteiger partial charge in [0.05, 0.1) is 17.1 Å². The van der Waals surface area contributed by atoms with Crippen molar-refractivity contribution in [2.45, 2.75) is 19.6 Å². The number of nitrogens with one attached hydrogen (secondary N) is 1. The highest BCUT2D eigenvalue weighted by Crippen LogP contribution is 2.29. The molecule has 1 amide bonds. The number of nitrogens with two attached hydrogens (primary N) is 1. The monoisotopic (exact) mass is 316 g/mol. The minimum atomic E-state index is -4.59. The summed E-state index contributed by atoms with van der Waals surface area (Å²) in [5, 5.41) is 3.53. The fourth-order valence-corrected chi connectivity index (χ4v) is 2.34. The Hall–Kier alpha value is -2.16. The van der Waals surface area contributed by atoms with Crippen molar-refractivity contribution in [1.29, 1.82) is 0 Å². The average Bonchev–Trinajstić information content (AvgIpc) is 2.80. The number of hydrogen-bond donors (Lipinski definition) is 2. The van der Waals surface area contributed by atoms with Gasteiger partial charge in [0.1, 0.15) is 11.5 Å². The number of carbonyl (C=O) groups excluding carboxylic acids is 1. The molecule has 0 atom stereocenters. The van der Waals surface area contributed by atoms with Crippen LogP contribution in [0.25, 0.3) is 0 Å². The van der Waals surface area contributed by atoms with Crippen LogP contribution in [0.1, 0.15) is 25.9 Å². The summed E-state index contributed by atoms with van der Waals surface area (Å²) < 4.78 is 38.0. The molecule has 0 aromatic carbocycles. The first kappa shape index (κ1) is 15.2.